The van der Waals surface area contributed by atoms with Gasteiger partial charge < -0.3 is 4.74 Å². The summed E-state index contributed by atoms with van der Waals surface area (Å²) in [6, 6.07) is 0. The molecule has 1 nitrogen and oxygen atoms in total. The maximum absolute atomic E-state index is 4.87. The molecule has 0 aliphatic rings. The lowest BCUT2D eigenvalue weighted by atomic mass is 10.3. The van der Waals surface area contributed by atoms with Gasteiger partial charge in [-0.25, -0.2) is 0 Å². The van der Waals surface area contributed by atoms with Gasteiger partial charge in [0.2, 0.25) is 0 Å². The van der Waals surface area contributed by atoms with Crippen molar-refractivity contribution in [1.29, 1.82) is 0 Å². The van der Waals surface area contributed by atoms with E-state index in [1.807, 2.05) is 0 Å². The van der Waals surface area contributed by atoms with Crippen molar-refractivity contribution in [2.24, 2.45) is 0 Å². The van der Waals surface area contributed by atoms with Crippen LogP contribution < -0.4 is 0 Å². The van der Waals surface area contributed by atoms with Gasteiger partial charge in [-0.05, 0) is 6.42 Å². The molecule has 0 aromatic carbocycles. The van der Waals surface area contributed by atoms with Crippen LogP contribution in [0.25, 0.3) is 0 Å². The van der Waals surface area contributed by atoms with Crippen molar-refractivity contribution in [3.63, 3.8) is 0 Å². The third-order valence-electron chi connectivity index (χ3n) is 0.878. The van der Waals surface area contributed by atoms with Crippen molar-refractivity contribution >= 4 is 12.6 Å². The molecule has 0 aromatic heterocycles. The molecule has 0 saturated heterocycles. The Balaban J connectivity index is 2.97. The topological polar surface area (TPSA) is 9.23 Å². The van der Waals surface area contributed by atoms with Gasteiger partial charge in [-0.1, -0.05) is 13.5 Å². The van der Waals surface area contributed by atoms with Gasteiger partial charge in [0.15, 0.2) is 0 Å². The van der Waals surface area contributed by atoms with E-state index in [1.54, 1.807) is 0 Å². The van der Waals surface area contributed by atoms with E-state index in [2.05, 4.69) is 26.1 Å². The second-order valence-corrected chi connectivity index (χ2v) is 2.29. The molecule has 0 radical (unpaired) electrons. The van der Waals surface area contributed by atoms with E-state index in [9.17, 15) is 0 Å². The first-order chi connectivity index (χ1) is 3.81. The molecule has 48 valence electrons. The van der Waals surface area contributed by atoms with E-state index in [1.165, 1.54) is 6.26 Å². The first-order valence-corrected chi connectivity index (χ1v) is 3.23. The summed E-state index contributed by atoms with van der Waals surface area (Å²) >= 11 is 4.19. The van der Waals surface area contributed by atoms with Gasteiger partial charge in [0, 0.05) is 5.25 Å². The van der Waals surface area contributed by atoms with Crippen LogP contribution in [0.3, 0.4) is 0 Å². The minimum absolute atomic E-state index is 0.355. The minimum atomic E-state index is 0.355. The van der Waals surface area contributed by atoms with Gasteiger partial charge in [0.1, 0.15) is 0 Å². The van der Waals surface area contributed by atoms with Crippen molar-refractivity contribution in [1.82, 2.24) is 0 Å². The predicted molar refractivity (Wildman–Crippen MR) is 39.2 cm³/mol. The van der Waals surface area contributed by atoms with Crippen LogP contribution in [0, 0.1) is 0 Å². The molecule has 0 bridgehead atoms. The van der Waals surface area contributed by atoms with Crippen molar-refractivity contribution in [3.8, 4) is 0 Å². The Hall–Kier alpha value is -0.110. The summed E-state index contributed by atoms with van der Waals surface area (Å²) in [6.07, 6.45) is 2.48. The minimum Gasteiger partial charge on any atom is -0.501 e. The summed E-state index contributed by atoms with van der Waals surface area (Å²) in [4.78, 5) is 0. The van der Waals surface area contributed by atoms with Crippen LogP contribution in [-0.4, -0.2) is 11.9 Å². The SMILES string of the molecule is C=COCC(S)CC. The van der Waals surface area contributed by atoms with Gasteiger partial charge in [-0.15, -0.1) is 0 Å². The fraction of sp³-hybridized carbons (Fsp3) is 0.667. The predicted octanol–water partition coefficient (Wildman–Crippen LogP) is 1.85. The smallest absolute Gasteiger partial charge is 0.0988 e. The van der Waals surface area contributed by atoms with E-state index < -0.39 is 0 Å². The Bertz CT molecular complexity index is 63.5. The largest absolute Gasteiger partial charge is 0.501 e. The molecule has 1 unspecified atom stereocenters. The Kier molecular flexibility index (Phi) is 4.97. The zero-order chi connectivity index (χ0) is 6.41. The molecule has 1 atom stereocenters. The second-order valence-electron chi connectivity index (χ2n) is 1.56. The highest BCUT2D eigenvalue weighted by molar-refractivity contribution is 7.81. The third-order valence-corrected chi connectivity index (χ3v) is 1.39. The first-order valence-electron chi connectivity index (χ1n) is 2.71. The quantitative estimate of drug-likeness (QED) is 0.453. The van der Waals surface area contributed by atoms with Crippen molar-refractivity contribution < 1.29 is 4.74 Å². The molecule has 0 heterocycles. The van der Waals surface area contributed by atoms with E-state index in [0.29, 0.717) is 11.9 Å². The average molecular weight is 132 g/mol. The monoisotopic (exact) mass is 132 g/mol. The normalized spacial score (nSPS) is 12.8. The van der Waals surface area contributed by atoms with Crippen molar-refractivity contribution in [3.05, 3.63) is 12.8 Å². The molecule has 8 heavy (non-hydrogen) atoms. The van der Waals surface area contributed by atoms with Gasteiger partial charge in [0.25, 0.3) is 0 Å². The maximum Gasteiger partial charge on any atom is 0.0988 e. The summed E-state index contributed by atoms with van der Waals surface area (Å²) in [7, 11) is 0. The van der Waals surface area contributed by atoms with Gasteiger partial charge >= 0.3 is 0 Å². The van der Waals surface area contributed by atoms with Crippen LogP contribution >= 0.6 is 12.6 Å². The van der Waals surface area contributed by atoms with Crippen LogP contribution in [0.15, 0.2) is 12.8 Å². The lowest BCUT2D eigenvalue weighted by molar-refractivity contribution is 0.250. The molecule has 0 rings (SSSR count). The lowest BCUT2D eigenvalue weighted by Crippen LogP contribution is -2.03. The maximum atomic E-state index is 4.87. The summed E-state index contributed by atoms with van der Waals surface area (Å²) < 4.78 is 4.87. The number of rotatable bonds is 4. The van der Waals surface area contributed by atoms with E-state index in [-0.39, 0.29) is 0 Å². The molecule has 0 aromatic rings. The van der Waals surface area contributed by atoms with E-state index in [4.69, 9.17) is 4.74 Å². The van der Waals surface area contributed by atoms with Crippen LogP contribution in [-0.2, 0) is 4.74 Å². The fourth-order valence-corrected chi connectivity index (χ4v) is 0.383. The number of hydrogen-bond donors (Lipinski definition) is 1. The number of hydrogen-bond acceptors (Lipinski definition) is 2. The van der Waals surface area contributed by atoms with Gasteiger partial charge in [-0.2, -0.15) is 12.6 Å². The average Bonchev–Trinajstić information content (AvgIpc) is 1.83. The summed E-state index contributed by atoms with van der Waals surface area (Å²) in [5.74, 6) is 0. The highest BCUT2D eigenvalue weighted by atomic mass is 32.1. The van der Waals surface area contributed by atoms with Gasteiger partial charge in [-0.3, -0.25) is 0 Å². The molecular weight excluding hydrogens is 120 g/mol. The number of ether oxygens (including phenoxy) is 1. The fourth-order valence-electron chi connectivity index (χ4n) is 0.297. The molecule has 0 fully saturated rings. The molecule has 0 N–H and O–H groups in total. The van der Waals surface area contributed by atoms with Crippen LogP contribution in [0.2, 0.25) is 0 Å². The zero-order valence-corrected chi connectivity index (χ0v) is 6.03. The molecule has 2 heteroatoms. The Morgan fingerprint density at radius 3 is 2.88 bits per heavy atom. The van der Waals surface area contributed by atoms with E-state index >= 15 is 0 Å². The second kappa shape index (κ2) is 5.04. The van der Waals surface area contributed by atoms with Crippen LogP contribution in [0.1, 0.15) is 13.3 Å². The molecule has 0 aliphatic carbocycles. The number of thiol groups is 1. The molecule has 0 spiro atoms. The highest BCUT2D eigenvalue weighted by Gasteiger charge is 1.95. The van der Waals surface area contributed by atoms with Crippen LogP contribution in [0.5, 0.6) is 0 Å². The van der Waals surface area contributed by atoms with Gasteiger partial charge in [0.05, 0.1) is 12.9 Å². The third kappa shape index (κ3) is 4.06. The summed E-state index contributed by atoms with van der Waals surface area (Å²) in [5.41, 5.74) is 0. The molecule has 0 aliphatic heterocycles. The Morgan fingerprint density at radius 2 is 2.50 bits per heavy atom. The zero-order valence-electron chi connectivity index (χ0n) is 5.13. The standard InChI is InChI=1S/C6H12OS/c1-3-6(8)5-7-4-2/h4,6,8H,2-3,5H2,1H3. The summed E-state index contributed by atoms with van der Waals surface area (Å²) in [5, 5.41) is 0.355. The summed E-state index contributed by atoms with van der Waals surface area (Å²) in [6.45, 7) is 6.15. The molecule has 0 amide bonds. The van der Waals surface area contributed by atoms with E-state index in [0.717, 1.165) is 6.42 Å². The van der Waals surface area contributed by atoms with Crippen LogP contribution in [0.4, 0.5) is 0 Å². The molecule has 0 saturated carbocycles. The van der Waals surface area contributed by atoms with Crippen molar-refractivity contribution in [2.45, 2.75) is 18.6 Å². The Morgan fingerprint density at radius 1 is 1.88 bits per heavy atom. The van der Waals surface area contributed by atoms with Crippen molar-refractivity contribution in [2.75, 3.05) is 6.61 Å². The first kappa shape index (κ1) is 7.89. The highest BCUT2D eigenvalue weighted by Crippen LogP contribution is 1.99. The lowest BCUT2D eigenvalue weighted by Gasteiger charge is -2.04. The Labute approximate surface area is 56.1 Å². The molecular formula is C6H12OS.